The highest BCUT2D eigenvalue weighted by Crippen LogP contribution is 2.36. The van der Waals surface area contributed by atoms with Gasteiger partial charge in [0.25, 0.3) is 0 Å². The van der Waals surface area contributed by atoms with Gasteiger partial charge in [-0.2, -0.15) is 5.26 Å². The van der Waals surface area contributed by atoms with Crippen LogP contribution in [0.15, 0.2) is 0 Å². The first-order chi connectivity index (χ1) is 15.1. The SMILES string of the molecule is CC(F)(F)C[C@H](NC(=O)ON1CCOC2(CCN(C3CC3)CC2)C1)C(=O)NC1(C#N)CC1. The Kier molecular flexibility index (Phi) is 6.31. The van der Waals surface area contributed by atoms with Crippen LogP contribution in [0.4, 0.5) is 13.6 Å². The van der Waals surface area contributed by atoms with E-state index in [1.165, 1.54) is 17.9 Å². The topological polar surface area (TPSA) is 107 Å². The van der Waals surface area contributed by atoms with Crippen molar-refractivity contribution in [1.82, 2.24) is 20.6 Å². The van der Waals surface area contributed by atoms with Crippen molar-refractivity contribution in [3.63, 3.8) is 0 Å². The van der Waals surface area contributed by atoms with Gasteiger partial charge in [0, 0.05) is 25.6 Å². The van der Waals surface area contributed by atoms with E-state index in [0.717, 1.165) is 25.9 Å². The third-order valence-electron chi connectivity index (χ3n) is 6.70. The minimum Gasteiger partial charge on any atom is -0.372 e. The fourth-order valence-electron chi connectivity index (χ4n) is 4.49. The third-order valence-corrected chi connectivity index (χ3v) is 6.70. The van der Waals surface area contributed by atoms with Gasteiger partial charge >= 0.3 is 6.09 Å². The lowest BCUT2D eigenvalue weighted by atomic mass is 9.90. The molecule has 178 valence electrons. The van der Waals surface area contributed by atoms with Gasteiger partial charge in [-0.1, -0.05) is 0 Å². The van der Waals surface area contributed by atoms with Gasteiger partial charge in [-0.25, -0.2) is 13.6 Å². The average Bonchev–Trinajstić information content (AvgIpc) is 3.63. The molecule has 0 aromatic heterocycles. The van der Waals surface area contributed by atoms with Gasteiger partial charge in [0.2, 0.25) is 11.8 Å². The number of carbonyl (C=O) groups excluding carboxylic acids is 2. The van der Waals surface area contributed by atoms with E-state index in [1.54, 1.807) is 0 Å². The summed E-state index contributed by atoms with van der Waals surface area (Å²) < 4.78 is 33.3. The second-order valence-corrected chi connectivity index (χ2v) is 9.70. The number of hydrogen-bond donors (Lipinski definition) is 2. The number of ether oxygens (including phenoxy) is 1. The molecule has 9 nitrogen and oxygen atoms in total. The van der Waals surface area contributed by atoms with Crippen LogP contribution in [0.5, 0.6) is 0 Å². The average molecular weight is 456 g/mol. The Morgan fingerprint density at radius 2 is 1.94 bits per heavy atom. The van der Waals surface area contributed by atoms with Gasteiger partial charge in [0.15, 0.2) is 0 Å². The van der Waals surface area contributed by atoms with Crippen molar-refractivity contribution in [3.05, 3.63) is 0 Å². The monoisotopic (exact) mass is 455 g/mol. The Labute approximate surface area is 186 Å². The van der Waals surface area contributed by atoms with Crippen molar-refractivity contribution in [1.29, 1.82) is 5.26 Å². The number of carbonyl (C=O) groups is 2. The molecule has 4 rings (SSSR count). The third kappa shape index (κ3) is 5.85. The summed E-state index contributed by atoms with van der Waals surface area (Å²) in [6, 6.07) is 1.17. The van der Waals surface area contributed by atoms with Gasteiger partial charge in [-0.05, 0) is 45.4 Å². The Bertz CT molecular complexity index is 767. The molecule has 1 atom stereocenters. The molecule has 4 aliphatic rings. The molecular weight excluding hydrogens is 424 g/mol. The molecule has 0 radical (unpaired) electrons. The first-order valence-electron chi connectivity index (χ1n) is 11.3. The normalized spacial score (nSPS) is 26.1. The maximum Gasteiger partial charge on any atom is 0.426 e. The molecule has 1 spiro atoms. The van der Waals surface area contributed by atoms with Crippen LogP contribution in [-0.4, -0.2) is 83.9 Å². The number of rotatable bonds is 7. The molecule has 2 saturated carbocycles. The Balaban J connectivity index is 1.31. The number of likely N-dealkylation sites (tertiary alicyclic amines) is 1. The maximum atomic E-state index is 13.6. The van der Waals surface area contributed by atoms with Gasteiger partial charge in [0.05, 0.1) is 31.4 Å². The zero-order chi connectivity index (χ0) is 23.0. The highest BCUT2D eigenvalue weighted by Gasteiger charge is 2.47. The van der Waals surface area contributed by atoms with Crippen LogP contribution in [0.2, 0.25) is 0 Å². The van der Waals surface area contributed by atoms with E-state index in [4.69, 9.17) is 14.8 Å². The summed E-state index contributed by atoms with van der Waals surface area (Å²) in [7, 11) is 0. The largest absolute Gasteiger partial charge is 0.426 e. The summed E-state index contributed by atoms with van der Waals surface area (Å²) in [6.45, 7) is 3.73. The summed E-state index contributed by atoms with van der Waals surface area (Å²) >= 11 is 0. The Morgan fingerprint density at radius 1 is 1.25 bits per heavy atom. The molecule has 2 aliphatic heterocycles. The maximum absolute atomic E-state index is 13.6. The minimum absolute atomic E-state index is 0.361. The molecule has 0 aromatic carbocycles. The molecule has 0 bridgehead atoms. The molecule has 11 heteroatoms. The number of hydroxylamine groups is 2. The van der Waals surface area contributed by atoms with E-state index in [9.17, 15) is 18.4 Å². The Morgan fingerprint density at radius 3 is 2.50 bits per heavy atom. The standard InChI is InChI=1S/C21H31F2N5O4/c1-19(22,23)12-16(17(29)26-20(13-24)4-5-20)25-18(30)32-28-10-11-31-21(14-28)6-8-27(9-7-21)15-2-3-15/h15-16H,2-12,14H2,1H3,(H,25,30)(H,26,29)/t16-/m0/s1. The lowest BCUT2D eigenvalue weighted by Gasteiger charge is -2.46. The molecule has 0 aromatic rings. The number of nitriles is 1. The van der Waals surface area contributed by atoms with E-state index >= 15 is 0 Å². The zero-order valence-electron chi connectivity index (χ0n) is 18.4. The predicted octanol–water partition coefficient (Wildman–Crippen LogP) is 1.54. The number of nitrogens with one attached hydrogen (secondary N) is 2. The minimum atomic E-state index is -3.18. The fourth-order valence-corrected chi connectivity index (χ4v) is 4.49. The van der Waals surface area contributed by atoms with Gasteiger partial charge < -0.3 is 25.1 Å². The number of halogens is 2. The smallest absolute Gasteiger partial charge is 0.372 e. The number of nitrogens with zero attached hydrogens (tertiary/aromatic N) is 3. The van der Waals surface area contributed by atoms with Crippen molar-refractivity contribution in [2.24, 2.45) is 0 Å². The molecule has 0 unspecified atom stereocenters. The van der Waals surface area contributed by atoms with Gasteiger partial charge in [-0.15, -0.1) is 5.06 Å². The lowest BCUT2D eigenvalue weighted by Crippen LogP contribution is -2.58. The summed E-state index contributed by atoms with van der Waals surface area (Å²) in [6.07, 6.45) is 3.26. The molecule has 2 amide bonds. The number of morpholine rings is 1. The van der Waals surface area contributed by atoms with Crippen LogP contribution in [0.25, 0.3) is 0 Å². The highest BCUT2D eigenvalue weighted by molar-refractivity contribution is 5.86. The molecule has 32 heavy (non-hydrogen) atoms. The molecule has 2 aliphatic carbocycles. The van der Waals surface area contributed by atoms with Crippen LogP contribution in [0.1, 0.15) is 51.9 Å². The van der Waals surface area contributed by atoms with E-state index in [-0.39, 0.29) is 5.60 Å². The van der Waals surface area contributed by atoms with Crippen molar-refractivity contribution in [2.75, 3.05) is 32.8 Å². The first-order valence-corrected chi connectivity index (χ1v) is 11.3. The predicted molar refractivity (Wildman–Crippen MR) is 108 cm³/mol. The van der Waals surface area contributed by atoms with E-state index in [1.807, 2.05) is 6.07 Å². The van der Waals surface area contributed by atoms with E-state index in [2.05, 4.69) is 15.5 Å². The zero-order valence-corrected chi connectivity index (χ0v) is 18.4. The second-order valence-electron chi connectivity index (χ2n) is 9.70. The summed E-state index contributed by atoms with van der Waals surface area (Å²) in [5.41, 5.74) is -1.40. The van der Waals surface area contributed by atoms with Crippen molar-refractivity contribution >= 4 is 12.0 Å². The molecule has 2 heterocycles. The molecule has 4 fully saturated rings. The first kappa shape index (κ1) is 23.1. The quantitative estimate of drug-likeness (QED) is 0.600. The Hall–Kier alpha value is -2.03. The number of hydrogen-bond acceptors (Lipinski definition) is 7. The number of amides is 2. The number of piperidine rings is 1. The van der Waals surface area contributed by atoms with Crippen molar-refractivity contribution in [2.45, 2.75) is 81.0 Å². The molecular formula is C21H31F2N5O4. The highest BCUT2D eigenvalue weighted by atomic mass is 19.3. The lowest BCUT2D eigenvalue weighted by molar-refractivity contribution is -0.219. The van der Waals surface area contributed by atoms with Crippen LogP contribution in [-0.2, 0) is 14.4 Å². The van der Waals surface area contributed by atoms with Crippen LogP contribution in [0, 0.1) is 11.3 Å². The van der Waals surface area contributed by atoms with E-state index < -0.39 is 35.9 Å². The van der Waals surface area contributed by atoms with Crippen molar-refractivity contribution < 1.29 is 27.9 Å². The second kappa shape index (κ2) is 8.72. The molecule has 2 saturated heterocycles. The summed E-state index contributed by atoms with van der Waals surface area (Å²) in [4.78, 5) is 32.8. The van der Waals surface area contributed by atoms with Gasteiger partial charge in [-0.3, -0.25) is 4.79 Å². The fraction of sp³-hybridized carbons (Fsp3) is 0.857. The van der Waals surface area contributed by atoms with Crippen LogP contribution >= 0.6 is 0 Å². The van der Waals surface area contributed by atoms with Crippen LogP contribution < -0.4 is 10.6 Å². The summed E-state index contributed by atoms with van der Waals surface area (Å²) in [5, 5.41) is 15.4. The van der Waals surface area contributed by atoms with Crippen molar-refractivity contribution in [3.8, 4) is 6.07 Å². The van der Waals surface area contributed by atoms with Gasteiger partial charge in [0.1, 0.15) is 11.6 Å². The molecule has 2 N–H and O–H groups in total. The number of alkyl halides is 2. The van der Waals surface area contributed by atoms with E-state index in [0.29, 0.717) is 45.5 Å². The summed E-state index contributed by atoms with van der Waals surface area (Å²) in [5.74, 6) is -3.99. The van der Waals surface area contributed by atoms with Crippen LogP contribution in [0.3, 0.4) is 0 Å².